The van der Waals surface area contributed by atoms with Gasteiger partial charge < -0.3 is 0 Å². The molecule has 0 aliphatic heterocycles. The van der Waals surface area contributed by atoms with Gasteiger partial charge in [0.15, 0.2) is 0 Å². The number of allylic oxidation sites excluding steroid dienone is 5. The monoisotopic (exact) mass is 242 g/mol. The first-order chi connectivity index (χ1) is 8.59. The van der Waals surface area contributed by atoms with Gasteiger partial charge in [0.2, 0.25) is 0 Å². The standard InChI is InChI=1S/C16H22N2/c1-5-8-9-15(6-2)14(4)10-11-16(7-3,12-17)13-18/h5-6,8-9,14H,1,7,10-11H2,2-4H3/b9-8-,15-6+. The van der Waals surface area contributed by atoms with Crippen molar-refractivity contribution < 1.29 is 0 Å². The van der Waals surface area contributed by atoms with Crippen molar-refractivity contribution in [2.75, 3.05) is 0 Å². The Hall–Kier alpha value is -1.80. The Morgan fingerprint density at radius 3 is 2.39 bits per heavy atom. The average molecular weight is 242 g/mol. The summed E-state index contributed by atoms with van der Waals surface area (Å²) in [6, 6.07) is 4.31. The van der Waals surface area contributed by atoms with Crippen molar-refractivity contribution in [3.8, 4) is 12.1 Å². The van der Waals surface area contributed by atoms with E-state index in [0.717, 1.165) is 6.42 Å². The molecule has 0 bridgehead atoms. The zero-order valence-electron chi connectivity index (χ0n) is 11.6. The first kappa shape index (κ1) is 16.2. The summed E-state index contributed by atoms with van der Waals surface area (Å²) in [6.45, 7) is 9.67. The summed E-state index contributed by atoms with van der Waals surface area (Å²) in [5.41, 5.74) is 0.394. The third-order valence-corrected chi connectivity index (χ3v) is 3.36. The molecule has 0 fully saturated rings. The minimum absolute atomic E-state index is 0.346. The molecule has 0 aliphatic carbocycles. The summed E-state index contributed by atoms with van der Waals surface area (Å²) in [5, 5.41) is 18.2. The number of rotatable bonds is 7. The fourth-order valence-corrected chi connectivity index (χ4v) is 1.83. The molecule has 0 aliphatic rings. The topological polar surface area (TPSA) is 47.6 Å². The number of hydrogen-bond acceptors (Lipinski definition) is 2. The molecule has 2 nitrogen and oxygen atoms in total. The Balaban J connectivity index is 4.64. The van der Waals surface area contributed by atoms with Crippen LogP contribution in [0.1, 0.15) is 40.0 Å². The van der Waals surface area contributed by atoms with Crippen LogP contribution < -0.4 is 0 Å². The van der Waals surface area contributed by atoms with Crippen LogP contribution in [0.5, 0.6) is 0 Å². The SMILES string of the molecule is C=C/C=C\C(=C/C)C(C)CCC(C#N)(C#N)CC. The van der Waals surface area contributed by atoms with E-state index in [2.05, 4.69) is 31.7 Å². The van der Waals surface area contributed by atoms with E-state index in [1.807, 2.05) is 26.0 Å². The van der Waals surface area contributed by atoms with Gasteiger partial charge in [0.1, 0.15) is 5.41 Å². The fraction of sp³-hybridized carbons (Fsp3) is 0.500. The third kappa shape index (κ3) is 4.60. The lowest BCUT2D eigenvalue weighted by Gasteiger charge is -2.19. The summed E-state index contributed by atoms with van der Waals surface area (Å²) in [7, 11) is 0. The van der Waals surface area contributed by atoms with Gasteiger partial charge >= 0.3 is 0 Å². The quantitative estimate of drug-likeness (QED) is 0.615. The smallest absolute Gasteiger partial charge is 0.143 e. The van der Waals surface area contributed by atoms with Crippen molar-refractivity contribution in [3.05, 3.63) is 36.5 Å². The Bertz CT molecular complexity index is 388. The summed E-state index contributed by atoms with van der Waals surface area (Å²) in [4.78, 5) is 0. The normalized spacial score (nSPS) is 13.9. The molecule has 0 spiro atoms. The number of nitriles is 2. The van der Waals surface area contributed by atoms with Crippen LogP contribution in [0.25, 0.3) is 0 Å². The maximum atomic E-state index is 9.11. The maximum Gasteiger partial charge on any atom is 0.143 e. The van der Waals surface area contributed by atoms with Crippen LogP contribution in [-0.2, 0) is 0 Å². The van der Waals surface area contributed by atoms with Gasteiger partial charge in [0.05, 0.1) is 12.1 Å². The van der Waals surface area contributed by atoms with Crippen molar-refractivity contribution in [3.63, 3.8) is 0 Å². The maximum absolute atomic E-state index is 9.11. The van der Waals surface area contributed by atoms with Crippen LogP contribution >= 0.6 is 0 Å². The Morgan fingerprint density at radius 1 is 1.39 bits per heavy atom. The van der Waals surface area contributed by atoms with E-state index in [-0.39, 0.29) is 0 Å². The molecule has 0 rings (SSSR count). The average Bonchev–Trinajstić information content (AvgIpc) is 2.42. The highest BCUT2D eigenvalue weighted by Gasteiger charge is 2.28. The minimum Gasteiger partial charge on any atom is -0.197 e. The van der Waals surface area contributed by atoms with Crippen LogP contribution in [0.4, 0.5) is 0 Å². The molecule has 0 radical (unpaired) electrons. The van der Waals surface area contributed by atoms with Crippen molar-refractivity contribution in [1.29, 1.82) is 10.5 Å². The molecule has 0 saturated carbocycles. The molecule has 18 heavy (non-hydrogen) atoms. The molecular weight excluding hydrogens is 220 g/mol. The van der Waals surface area contributed by atoms with E-state index < -0.39 is 5.41 Å². The van der Waals surface area contributed by atoms with Gasteiger partial charge in [-0.3, -0.25) is 0 Å². The highest BCUT2D eigenvalue weighted by Crippen LogP contribution is 2.30. The van der Waals surface area contributed by atoms with Crippen LogP contribution in [-0.4, -0.2) is 0 Å². The Morgan fingerprint density at radius 2 is 2.00 bits per heavy atom. The van der Waals surface area contributed by atoms with E-state index in [1.165, 1.54) is 5.57 Å². The van der Waals surface area contributed by atoms with Gasteiger partial charge in [0, 0.05) is 0 Å². The molecule has 1 unspecified atom stereocenters. The summed E-state index contributed by atoms with van der Waals surface area (Å²) >= 11 is 0. The van der Waals surface area contributed by atoms with E-state index in [0.29, 0.717) is 18.8 Å². The van der Waals surface area contributed by atoms with Gasteiger partial charge in [-0.25, -0.2) is 0 Å². The largest absolute Gasteiger partial charge is 0.197 e. The molecule has 2 heteroatoms. The second-order valence-electron chi connectivity index (χ2n) is 4.48. The Labute approximate surface area is 111 Å². The highest BCUT2D eigenvalue weighted by molar-refractivity contribution is 5.23. The third-order valence-electron chi connectivity index (χ3n) is 3.36. The highest BCUT2D eigenvalue weighted by atomic mass is 14.4. The van der Waals surface area contributed by atoms with Crippen molar-refractivity contribution in [1.82, 2.24) is 0 Å². The first-order valence-electron chi connectivity index (χ1n) is 6.37. The summed E-state index contributed by atoms with van der Waals surface area (Å²) in [5.74, 6) is 0.346. The van der Waals surface area contributed by atoms with Crippen LogP contribution in [0.3, 0.4) is 0 Å². The van der Waals surface area contributed by atoms with Crippen LogP contribution in [0, 0.1) is 34.0 Å². The van der Waals surface area contributed by atoms with Gasteiger partial charge in [-0.1, -0.05) is 44.7 Å². The molecule has 0 aromatic carbocycles. The summed E-state index contributed by atoms with van der Waals surface area (Å²) < 4.78 is 0. The van der Waals surface area contributed by atoms with E-state index in [9.17, 15) is 0 Å². The Kier molecular flexibility index (Phi) is 7.48. The van der Waals surface area contributed by atoms with Crippen molar-refractivity contribution in [2.24, 2.45) is 11.3 Å². The first-order valence-corrected chi connectivity index (χ1v) is 6.37. The lowest BCUT2D eigenvalue weighted by atomic mass is 9.80. The summed E-state index contributed by atoms with van der Waals surface area (Å²) in [6.07, 6.45) is 9.80. The van der Waals surface area contributed by atoms with Gasteiger partial charge in [-0.2, -0.15) is 10.5 Å². The second kappa shape index (κ2) is 8.31. The molecule has 0 aromatic rings. The van der Waals surface area contributed by atoms with Gasteiger partial charge in [-0.15, -0.1) is 0 Å². The zero-order chi connectivity index (χ0) is 14.0. The zero-order valence-corrected chi connectivity index (χ0v) is 11.6. The van der Waals surface area contributed by atoms with Crippen molar-refractivity contribution in [2.45, 2.75) is 40.0 Å². The molecule has 0 aromatic heterocycles. The fourth-order valence-electron chi connectivity index (χ4n) is 1.83. The molecule has 0 amide bonds. The van der Waals surface area contributed by atoms with Crippen LogP contribution in [0.15, 0.2) is 36.5 Å². The number of hydrogen-bond donors (Lipinski definition) is 0. The van der Waals surface area contributed by atoms with Gasteiger partial charge in [0.25, 0.3) is 0 Å². The molecule has 0 saturated heterocycles. The molecular formula is C16H22N2. The van der Waals surface area contributed by atoms with E-state index in [4.69, 9.17) is 10.5 Å². The van der Waals surface area contributed by atoms with Gasteiger partial charge in [-0.05, 0) is 37.7 Å². The van der Waals surface area contributed by atoms with Crippen LogP contribution in [0.2, 0.25) is 0 Å². The predicted molar refractivity (Wildman–Crippen MR) is 75.4 cm³/mol. The van der Waals surface area contributed by atoms with Crippen molar-refractivity contribution >= 4 is 0 Å². The molecule has 0 N–H and O–H groups in total. The van der Waals surface area contributed by atoms with E-state index >= 15 is 0 Å². The predicted octanol–water partition coefficient (Wildman–Crippen LogP) is 4.53. The number of nitrogens with zero attached hydrogens (tertiary/aromatic N) is 2. The minimum atomic E-state index is -0.824. The van der Waals surface area contributed by atoms with E-state index in [1.54, 1.807) is 6.08 Å². The molecule has 0 heterocycles. The lowest BCUT2D eigenvalue weighted by molar-refractivity contribution is 0.412. The molecule has 1 atom stereocenters. The molecule has 96 valence electrons. The lowest BCUT2D eigenvalue weighted by Crippen LogP contribution is -2.16. The second-order valence-corrected chi connectivity index (χ2v) is 4.48.